The fourth-order valence-corrected chi connectivity index (χ4v) is 3.84. The number of carbonyl (C=O) groups excluding carboxylic acids is 2. The van der Waals surface area contributed by atoms with Crippen LogP contribution in [0.5, 0.6) is 0 Å². The van der Waals surface area contributed by atoms with Crippen LogP contribution in [0, 0.1) is 0 Å². The van der Waals surface area contributed by atoms with Gasteiger partial charge in [0, 0.05) is 29.6 Å². The molecule has 1 unspecified atom stereocenters. The predicted molar refractivity (Wildman–Crippen MR) is 134 cm³/mol. The lowest BCUT2D eigenvalue weighted by molar-refractivity contribution is -0.140. The fourth-order valence-electron chi connectivity index (χ4n) is 3.58. The van der Waals surface area contributed by atoms with E-state index < -0.39 is 6.04 Å². The summed E-state index contributed by atoms with van der Waals surface area (Å²) in [4.78, 5) is 28.5. The summed E-state index contributed by atoms with van der Waals surface area (Å²) in [5.74, 6) is -0.279. The highest BCUT2D eigenvalue weighted by atomic mass is 35.5. The summed E-state index contributed by atoms with van der Waals surface area (Å²) in [6.45, 7) is 2.87. The quantitative estimate of drug-likeness (QED) is 0.402. The van der Waals surface area contributed by atoms with E-state index in [1.807, 2.05) is 61.5 Å². The molecule has 0 radical (unpaired) electrons. The Kier molecular flexibility index (Phi) is 9.35. The minimum Gasteiger partial charge on any atom is -0.354 e. The van der Waals surface area contributed by atoms with Crippen LogP contribution in [-0.2, 0) is 29.0 Å². The highest BCUT2D eigenvalue weighted by Gasteiger charge is 2.30. The highest BCUT2D eigenvalue weighted by molar-refractivity contribution is 6.30. The number of hydrogen-bond donors (Lipinski definition) is 1. The number of nitrogens with one attached hydrogen (secondary N) is 1. The molecule has 0 aliphatic heterocycles. The van der Waals surface area contributed by atoms with E-state index in [2.05, 4.69) is 5.32 Å². The molecule has 172 valence electrons. The van der Waals surface area contributed by atoms with Gasteiger partial charge in [-0.25, -0.2) is 0 Å². The molecule has 3 rings (SSSR count). The van der Waals surface area contributed by atoms with Gasteiger partial charge in [0.25, 0.3) is 0 Å². The largest absolute Gasteiger partial charge is 0.354 e. The zero-order valence-corrected chi connectivity index (χ0v) is 20.1. The van der Waals surface area contributed by atoms with E-state index in [-0.39, 0.29) is 18.2 Å². The molecule has 6 heteroatoms. The Hall–Kier alpha value is -2.82. The second kappa shape index (κ2) is 12.4. The molecule has 1 N–H and O–H groups in total. The molecule has 0 aromatic heterocycles. The van der Waals surface area contributed by atoms with Gasteiger partial charge in [-0.15, -0.1) is 0 Å². The number of rotatable bonds is 10. The van der Waals surface area contributed by atoms with Gasteiger partial charge in [-0.05, 0) is 47.4 Å². The summed E-state index contributed by atoms with van der Waals surface area (Å²) in [6.07, 6.45) is 1.42. The van der Waals surface area contributed by atoms with Gasteiger partial charge in [-0.2, -0.15) is 0 Å². The molecule has 0 aliphatic carbocycles. The molecule has 0 heterocycles. The van der Waals surface area contributed by atoms with Crippen LogP contribution in [0.25, 0.3) is 0 Å². The van der Waals surface area contributed by atoms with E-state index in [0.29, 0.717) is 29.6 Å². The Morgan fingerprint density at radius 2 is 1.39 bits per heavy atom. The number of carbonyl (C=O) groups is 2. The minimum atomic E-state index is -0.644. The monoisotopic (exact) mass is 482 g/mol. The molecule has 4 nitrogen and oxygen atoms in total. The summed E-state index contributed by atoms with van der Waals surface area (Å²) in [6, 6.07) is 23.7. The highest BCUT2D eigenvalue weighted by Crippen LogP contribution is 2.19. The molecule has 33 heavy (non-hydrogen) atoms. The number of nitrogens with zero attached hydrogens (tertiary/aromatic N) is 1. The lowest BCUT2D eigenvalue weighted by atomic mass is 10.0. The maximum atomic E-state index is 13.6. The minimum absolute atomic E-state index is 0.125. The maximum Gasteiger partial charge on any atom is 0.243 e. The number of amides is 2. The Bertz CT molecular complexity index is 1040. The molecule has 2 amide bonds. The van der Waals surface area contributed by atoms with E-state index >= 15 is 0 Å². The van der Waals surface area contributed by atoms with Crippen molar-refractivity contribution in [2.75, 3.05) is 6.54 Å². The molecule has 0 bridgehead atoms. The molecular formula is C27H28Cl2N2O2. The fraction of sp³-hybridized carbons (Fsp3) is 0.259. The van der Waals surface area contributed by atoms with Crippen LogP contribution < -0.4 is 5.32 Å². The van der Waals surface area contributed by atoms with E-state index in [1.165, 1.54) is 0 Å². The van der Waals surface area contributed by atoms with Gasteiger partial charge in [0.1, 0.15) is 6.04 Å². The third-order valence-electron chi connectivity index (χ3n) is 5.36. The topological polar surface area (TPSA) is 49.4 Å². The summed E-state index contributed by atoms with van der Waals surface area (Å²) < 4.78 is 0. The predicted octanol–water partition coefficient (Wildman–Crippen LogP) is 5.70. The molecule has 0 saturated carbocycles. The smallest absolute Gasteiger partial charge is 0.243 e. The van der Waals surface area contributed by atoms with Crippen molar-refractivity contribution in [2.24, 2.45) is 0 Å². The Morgan fingerprint density at radius 3 is 1.97 bits per heavy atom. The molecule has 0 saturated heterocycles. The first kappa shape index (κ1) is 24.8. The average molecular weight is 483 g/mol. The van der Waals surface area contributed by atoms with E-state index in [0.717, 1.165) is 23.1 Å². The standard InChI is InChI=1S/C27H28Cl2N2O2/c1-2-16-30-27(33)25(17-20-6-4-3-5-7-20)31(19-22-10-14-24(29)15-11-22)26(32)18-21-8-12-23(28)13-9-21/h3-15,25H,2,16-19H2,1H3,(H,30,33). The molecule has 0 aliphatic rings. The van der Waals surface area contributed by atoms with E-state index in [1.54, 1.807) is 29.2 Å². The van der Waals surface area contributed by atoms with Crippen molar-refractivity contribution in [3.05, 3.63) is 106 Å². The Balaban J connectivity index is 1.93. The number of hydrogen-bond acceptors (Lipinski definition) is 2. The molecular weight excluding hydrogens is 455 g/mol. The van der Waals surface area contributed by atoms with Gasteiger partial charge < -0.3 is 10.2 Å². The summed E-state index contributed by atoms with van der Waals surface area (Å²) >= 11 is 12.1. The van der Waals surface area contributed by atoms with Crippen LogP contribution in [0.1, 0.15) is 30.0 Å². The van der Waals surface area contributed by atoms with Gasteiger partial charge in [-0.1, -0.05) is 84.7 Å². The van der Waals surface area contributed by atoms with Crippen LogP contribution in [0.2, 0.25) is 10.0 Å². The molecule has 3 aromatic carbocycles. The molecule has 3 aromatic rings. The van der Waals surface area contributed by atoms with Crippen LogP contribution in [0.3, 0.4) is 0 Å². The Labute approximate surface area is 205 Å². The first-order chi connectivity index (χ1) is 16.0. The molecule has 0 fully saturated rings. The van der Waals surface area contributed by atoms with Crippen LogP contribution in [-0.4, -0.2) is 29.3 Å². The van der Waals surface area contributed by atoms with Gasteiger partial charge in [0.2, 0.25) is 11.8 Å². The van der Waals surface area contributed by atoms with Gasteiger partial charge >= 0.3 is 0 Å². The molecule has 0 spiro atoms. The van der Waals surface area contributed by atoms with Crippen molar-refractivity contribution in [1.29, 1.82) is 0 Å². The van der Waals surface area contributed by atoms with Gasteiger partial charge in [0.05, 0.1) is 6.42 Å². The lowest BCUT2D eigenvalue weighted by Crippen LogP contribution is -2.51. The number of benzene rings is 3. The van der Waals surface area contributed by atoms with Crippen molar-refractivity contribution in [1.82, 2.24) is 10.2 Å². The van der Waals surface area contributed by atoms with Crippen molar-refractivity contribution in [3.63, 3.8) is 0 Å². The van der Waals surface area contributed by atoms with E-state index in [4.69, 9.17) is 23.2 Å². The van der Waals surface area contributed by atoms with Crippen LogP contribution in [0.4, 0.5) is 0 Å². The normalized spacial score (nSPS) is 11.6. The Morgan fingerprint density at radius 1 is 0.818 bits per heavy atom. The van der Waals surface area contributed by atoms with Crippen molar-refractivity contribution in [2.45, 2.75) is 38.8 Å². The van der Waals surface area contributed by atoms with Crippen LogP contribution >= 0.6 is 23.2 Å². The van der Waals surface area contributed by atoms with Crippen molar-refractivity contribution in [3.8, 4) is 0 Å². The van der Waals surface area contributed by atoms with Gasteiger partial charge in [-0.3, -0.25) is 9.59 Å². The second-order valence-electron chi connectivity index (χ2n) is 7.95. The lowest BCUT2D eigenvalue weighted by Gasteiger charge is -2.31. The summed E-state index contributed by atoms with van der Waals surface area (Å²) in [5.41, 5.74) is 2.75. The van der Waals surface area contributed by atoms with Gasteiger partial charge in [0.15, 0.2) is 0 Å². The van der Waals surface area contributed by atoms with E-state index in [9.17, 15) is 9.59 Å². The first-order valence-electron chi connectivity index (χ1n) is 11.1. The third kappa shape index (κ3) is 7.62. The first-order valence-corrected chi connectivity index (χ1v) is 11.8. The summed E-state index contributed by atoms with van der Waals surface area (Å²) in [5, 5.41) is 4.22. The SMILES string of the molecule is CCCNC(=O)C(Cc1ccccc1)N(Cc1ccc(Cl)cc1)C(=O)Cc1ccc(Cl)cc1. The second-order valence-corrected chi connectivity index (χ2v) is 8.82. The summed E-state index contributed by atoms with van der Waals surface area (Å²) in [7, 11) is 0. The maximum absolute atomic E-state index is 13.6. The molecule has 1 atom stereocenters. The van der Waals surface area contributed by atoms with Crippen molar-refractivity contribution >= 4 is 35.0 Å². The van der Waals surface area contributed by atoms with Crippen molar-refractivity contribution < 1.29 is 9.59 Å². The zero-order chi connectivity index (χ0) is 23.6. The third-order valence-corrected chi connectivity index (χ3v) is 5.86. The average Bonchev–Trinajstić information content (AvgIpc) is 2.83. The number of halogens is 2. The van der Waals surface area contributed by atoms with Crippen LogP contribution in [0.15, 0.2) is 78.9 Å². The zero-order valence-electron chi connectivity index (χ0n) is 18.6.